The molecule has 0 aliphatic heterocycles. The van der Waals surface area contributed by atoms with Gasteiger partial charge in [0.15, 0.2) is 0 Å². The van der Waals surface area contributed by atoms with E-state index >= 15 is 0 Å². The van der Waals surface area contributed by atoms with Gasteiger partial charge in [-0.2, -0.15) is 0 Å². The van der Waals surface area contributed by atoms with Gasteiger partial charge < -0.3 is 5.32 Å². The monoisotopic (exact) mass is 498 g/mol. The summed E-state index contributed by atoms with van der Waals surface area (Å²) in [5, 5.41) is 3.10. The van der Waals surface area contributed by atoms with E-state index < -0.39 is 12.1 Å². The number of rotatable bonds is 7. The Balaban J connectivity index is -0.000000659. The van der Waals surface area contributed by atoms with Crippen molar-refractivity contribution in [3.05, 3.63) is 60.5 Å². The van der Waals surface area contributed by atoms with Crippen LogP contribution in [0.5, 0.6) is 0 Å². The van der Waals surface area contributed by atoms with E-state index in [1.807, 2.05) is 0 Å². The molecule has 0 amide bonds. The van der Waals surface area contributed by atoms with E-state index in [-0.39, 0.29) is 71.4 Å². The first-order chi connectivity index (χ1) is 16.1. The zero-order valence-corrected chi connectivity index (χ0v) is 21.8. The molecule has 2 heteroatoms. The predicted molar refractivity (Wildman–Crippen MR) is 133 cm³/mol. The van der Waals surface area contributed by atoms with Crippen LogP contribution < -0.4 is 5.32 Å². The molecule has 0 fully saturated rings. The Labute approximate surface area is 203 Å². The number of benzene rings is 2. The second kappa shape index (κ2) is 26.2. The van der Waals surface area contributed by atoms with Gasteiger partial charge >= 0.3 is 0 Å². The Bertz CT molecular complexity index is 850. The minimum atomic E-state index is -0.437. The summed E-state index contributed by atoms with van der Waals surface area (Å²) in [6.45, 7) is 17.3. The molecule has 0 saturated heterocycles. The fraction of sp³-hybridized carbons (Fsp3) is 0.538. The smallest absolute Gasteiger partial charge is 0.0629 e. The van der Waals surface area contributed by atoms with Crippen LogP contribution in [-0.4, -0.2) is 30.5 Å². The number of fused-ring (bicyclic) bond motifs is 1. The Hall–Kier alpha value is -0.801. The fourth-order valence-corrected chi connectivity index (χ4v) is 1.30. The molecule has 0 unspecified atom stereocenters. The number of unbranched alkanes of at least 4 members (excludes halogenated alkanes) is 3. The van der Waals surface area contributed by atoms with Crippen molar-refractivity contribution in [1.82, 2.24) is 5.32 Å². The summed E-state index contributed by atoms with van der Waals surface area (Å²) in [6.07, 6.45) is 9.54. The Morgan fingerprint density at radius 2 is 1.25 bits per heavy atom. The number of hydrogen-bond donors (Lipinski definition) is 1. The minimum absolute atomic E-state index is 0. The zero-order chi connectivity index (χ0) is 26.8. The minimum Gasteiger partial charge on any atom is -0.309 e. The van der Waals surface area contributed by atoms with E-state index in [1.54, 1.807) is 6.08 Å². The molecule has 0 atom stereocenters. The Morgan fingerprint density at radius 1 is 0.786 bits per heavy atom. The van der Waals surface area contributed by atoms with E-state index in [0.29, 0.717) is 12.1 Å². The van der Waals surface area contributed by atoms with Crippen molar-refractivity contribution in [3.63, 3.8) is 0 Å². The van der Waals surface area contributed by atoms with Crippen molar-refractivity contribution >= 4 is 34.7 Å². The normalized spacial score (nSPS) is 12.3. The van der Waals surface area contributed by atoms with Gasteiger partial charge in [0.1, 0.15) is 0 Å². The van der Waals surface area contributed by atoms with Crippen molar-refractivity contribution in [1.29, 1.82) is 0 Å². The van der Waals surface area contributed by atoms with Crippen LogP contribution in [0.15, 0.2) is 55.0 Å². The first-order valence-corrected chi connectivity index (χ1v) is 10.4. The zero-order valence-electron chi connectivity index (χ0n) is 25.9. The van der Waals surface area contributed by atoms with Gasteiger partial charge in [-0.3, -0.25) is 0 Å². The van der Waals surface area contributed by atoms with Gasteiger partial charge in [0.05, 0.1) is 9.60 Å². The molecule has 0 aliphatic carbocycles. The van der Waals surface area contributed by atoms with Gasteiger partial charge in [-0.15, -0.1) is 6.58 Å². The second-order valence-corrected chi connectivity index (χ2v) is 6.02. The average molecular weight is 497 g/mol. The maximum Gasteiger partial charge on any atom is 0.0629 e. The van der Waals surface area contributed by atoms with Crippen molar-refractivity contribution in [2.24, 2.45) is 0 Å². The maximum atomic E-state index is 8.04. The van der Waals surface area contributed by atoms with Crippen LogP contribution in [-0.2, 0) is 6.54 Å². The van der Waals surface area contributed by atoms with Gasteiger partial charge in [0, 0.05) is 37.0 Å². The molecular formula is C26H45NSn. The molecule has 158 valence electrons. The molecule has 2 aromatic rings. The molecule has 2 aromatic carbocycles. The van der Waals surface area contributed by atoms with E-state index in [9.17, 15) is 0 Å². The number of hydrogen-bond acceptors (Lipinski definition) is 1. The van der Waals surface area contributed by atoms with E-state index in [4.69, 9.17) is 9.60 Å². The van der Waals surface area contributed by atoms with Crippen molar-refractivity contribution < 1.29 is 9.60 Å². The van der Waals surface area contributed by atoms with E-state index in [0.717, 1.165) is 0 Å². The average Bonchev–Trinajstić information content (AvgIpc) is 2.86. The summed E-state index contributed by atoms with van der Waals surface area (Å²) < 4.78 is 55.3. The summed E-state index contributed by atoms with van der Waals surface area (Å²) in [6, 6.07) is -2.36. The van der Waals surface area contributed by atoms with Crippen LogP contribution in [0, 0.1) is 0 Å². The first kappa shape index (κ1) is 19.2. The molecule has 0 heterocycles. The van der Waals surface area contributed by atoms with Gasteiger partial charge in [0.2, 0.25) is 0 Å². The van der Waals surface area contributed by atoms with Crippen molar-refractivity contribution in [2.45, 2.75) is 86.6 Å². The molecule has 0 saturated carbocycles. The van der Waals surface area contributed by atoms with Crippen LogP contribution in [0.2, 0.25) is 0 Å². The second-order valence-electron chi connectivity index (χ2n) is 6.02. The molecule has 0 aromatic heterocycles. The SMILES string of the molecule is CCCC.CCCC.CCCC.[2H]c1c([2H])c([2H])c2c(CNCC=C)c([2H])c([2H])c([2H])c2c1[2H].[Sn]. The van der Waals surface area contributed by atoms with Crippen molar-refractivity contribution in [3.8, 4) is 0 Å². The predicted octanol–water partition coefficient (Wildman–Crippen LogP) is 8.15. The first-order valence-electron chi connectivity index (χ1n) is 13.9. The topological polar surface area (TPSA) is 12.0 Å². The largest absolute Gasteiger partial charge is 0.309 e. The van der Waals surface area contributed by atoms with Gasteiger partial charge in [-0.25, -0.2) is 0 Å². The third-order valence-electron chi connectivity index (χ3n) is 3.48. The van der Waals surface area contributed by atoms with Gasteiger partial charge in [-0.1, -0.05) is 128 Å². The summed E-state index contributed by atoms with van der Waals surface area (Å²) in [7, 11) is 0. The fourth-order valence-electron chi connectivity index (χ4n) is 1.30. The molecule has 1 N–H and O–H groups in total. The summed E-state index contributed by atoms with van der Waals surface area (Å²) >= 11 is 0. The molecule has 2 rings (SSSR count). The van der Waals surface area contributed by atoms with E-state index in [2.05, 4.69) is 53.4 Å². The standard InChI is InChI=1S/C14H15N.3C4H10.Sn/c1-2-10-15-11-13-8-5-7-12-6-3-4-9-14(12)13;3*1-3-4-2;/h2-9,15H,1,10-11H2;3*3-4H2,1-2H3;/i3D,4D,5D,6D,7D,8D,9D;;;;. The third kappa shape index (κ3) is 18.6. The molecule has 1 nitrogen and oxygen atoms in total. The summed E-state index contributed by atoms with van der Waals surface area (Å²) in [5.74, 6) is 0. The van der Waals surface area contributed by atoms with Crippen molar-refractivity contribution in [2.75, 3.05) is 6.54 Å². The van der Waals surface area contributed by atoms with Crippen LogP contribution in [0.1, 0.15) is 95.2 Å². The van der Waals surface area contributed by atoms with Crippen LogP contribution >= 0.6 is 0 Å². The van der Waals surface area contributed by atoms with Crippen LogP contribution in [0.3, 0.4) is 0 Å². The number of nitrogens with one attached hydrogen (secondary N) is 1. The molecule has 4 radical (unpaired) electrons. The molecule has 28 heavy (non-hydrogen) atoms. The summed E-state index contributed by atoms with van der Waals surface area (Å²) in [5.41, 5.74) is 0.296. The quantitative estimate of drug-likeness (QED) is 0.231. The Kier molecular flexibility index (Phi) is 17.9. The van der Waals surface area contributed by atoms with Gasteiger partial charge in [-0.05, 0) is 16.3 Å². The molecule has 0 spiro atoms. The maximum absolute atomic E-state index is 8.04. The molecular weight excluding hydrogens is 445 g/mol. The molecule has 0 aliphatic rings. The third-order valence-corrected chi connectivity index (χ3v) is 3.48. The van der Waals surface area contributed by atoms with Crippen LogP contribution in [0.4, 0.5) is 0 Å². The molecule has 0 bridgehead atoms. The summed E-state index contributed by atoms with van der Waals surface area (Å²) in [4.78, 5) is 0. The van der Waals surface area contributed by atoms with Crippen LogP contribution in [0.25, 0.3) is 10.8 Å². The van der Waals surface area contributed by atoms with Gasteiger partial charge in [0.25, 0.3) is 0 Å². The Morgan fingerprint density at radius 3 is 1.71 bits per heavy atom. The van der Waals surface area contributed by atoms with E-state index in [1.165, 1.54) is 38.5 Å².